The van der Waals surface area contributed by atoms with Crippen LogP contribution in [0.25, 0.3) is 11.0 Å². The van der Waals surface area contributed by atoms with Crippen molar-refractivity contribution in [2.45, 2.75) is 103 Å². The van der Waals surface area contributed by atoms with Gasteiger partial charge in [0, 0.05) is 31.2 Å². The molecule has 3 saturated heterocycles. The Morgan fingerprint density at radius 3 is 2.23 bits per heavy atom. The highest BCUT2D eigenvalue weighted by Crippen LogP contribution is 2.45. The Labute approximate surface area is 263 Å². The number of imidazole rings is 1. The first kappa shape index (κ1) is 30.8. The van der Waals surface area contributed by atoms with Crippen molar-refractivity contribution in [1.82, 2.24) is 19.4 Å². The second-order valence-corrected chi connectivity index (χ2v) is 14.5. The van der Waals surface area contributed by atoms with Crippen LogP contribution in [0, 0.1) is 18.3 Å². The van der Waals surface area contributed by atoms with Crippen LogP contribution in [0.2, 0.25) is 0 Å². The first-order valence-corrected chi connectivity index (χ1v) is 16.8. The quantitative estimate of drug-likeness (QED) is 0.214. The van der Waals surface area contributed by atoms with Gasteiger partial charge in [-0.2, -0.15) is 0 Å². The lowest BCUT2D eigenvalue weighted by molar-refractivity contribution is -0.161. The molecule has 0 aliphatic carbocycles. The van der Waals surface area contributed by atoms with Gasteiger partial charge in [0.1, 0.15) is 11.7 Å². The Hall–Kier alpha value is -3.19. The molecule has 0 saturated carbocycles. The molecule has 7 nitrogen and oxygen atoms in total. The molecule has 0 spiro atoms. The average Bonchev–Trinajstić information content (AvgIpc) is 3.46. The molecule has 0 radical (unpaired) electrons. The largest absolute Gasteiger partial charge is 0.465 e. The molecule has 3 fully saturated rings. The summed E-state index contributed by atoms with van der Waals surface area (Å²) in [5, 5.41) is 0. The van der Waals surface area contributed by atoms with Crippen LogP contribution in [-0.4, -0.2) is 69.6 Å². The van der Waals surface area contributed by atoms with E-state index in [0.29, 0.717) is 31.2 Å². The van der Waals surface area contributed by atoms with E-state index in [4.69, 9.17) is 9.72 Å². The maximum Gasteiger partial charge on any atom is 0.319 e. The number of aromatic nitrogens is 2. The summed E-state index contributed by atoms with van der Waals surface area (Å²) in [6, 6.07) is 21.2. The minimum Gasteiger partial charge on any atom is -0.465 e. The molecule has 1 amide bonds. The number of likely N-dealkylation sites (tertiary alicyclic amines) is 1. The monoisotopic (exact) mass is 598 g/mol. The average molecular weight is 599 g/mol. The molecular formula is C37H50N4O3. The van der Waals surface area contributed by atoms with Gasteiger partial charge in [0.2, 0.25) is 5.91 Å². The highest BCUT2D eigenvalue weighted by molar-refractivity contribution is 5.98. The van der Waals surface area contributed by atoms with Crippen LogP contribution in [0.4, 0.5) is 0 Å². The third-order valence-electron chi connectivity index (χ3n) is 10.9. The Balaban J connectivity index is 1.16. The van der Waals surface area contributed by atoms with E-state index in [1.807, 2.05) is 25.7 Å². The van der Waals surface area contributed by atoms with Gasteiger partial charge < -0.3 is 14.2 Å². The highest BCUT2D eigenvalue weighted by atomic mass is 16.5. The van der Waals surface area contributed by atoms with Gasteiger partial charge >= 0.3 is 5.97 Å². The van der Waals surface area contributed by atoms with E-state index in [0.717, 1.165) is 37.1 Å². The standard InChI is InChI=1S/C37H50N4O3/c1-6-44-35(43)33(36(3,4)5)34(42)39-21-18-37(19-22-39,27-12-8-7-9-13-27)20-23-40-28-16-17-29(40)25-30(24-28)41-26(2)38-31-14-10-11-15-32(31)41/h7-15,28-30,33H,6,16-25H2,1-5H3/t28-,29+,30?,33?. The number of hydrogen-bond donors (Lipinski definition) is 0. The molecule has 4 heterocycles. The van der Waals surface area contributed by atoms with Crippen LogP contribution in [0.1, 0.15) is 90.1 Å². The molecule has 3 aliphatic rings. The van der Waals surface area contributed by atoms with Crippen molar-refractivity contribution in [3.63, 3.8) is 0 Å². The number of carbonyl (C=O) groups is 2. The van der Waals surface area contributed by atoms with E-state index in [2.05, 4.69) is 71.0 Å². The summed E-state index contributed by atoms with van der Waals surface area (Å²) in [7, 11) is 0. The van der Waals surface area contributed by atoms with Crippen molar-refractivity contribution < 1.29 is 14.3 Å². The number of benzene rings is 2. The van der Waals surface area contributed by atoms with Gasteiger partial charge in [-0.25, -0.2) is 4.98 Å². The Kier molecular flexibility index (Phi) is 8.62. The Morgan fingerprint density at radius 2 is 1.59 bits per heavy atom. The smallest absolute Gasteiger partial charge is 0.319 e. The zero-order chi connectivity index (χ0) is 31.1. The SMILES string of the molecule is CCOC(=O)C(C(=O)N1CCC(CCN2[C@@H]3CC[C@H]2CC(n2c(C)nc4ccccc42)C3)(c2ccccc2)CC1)C(C)(C)C. The topological polar surface area (TPSA) is 67.7 Å². The number of para-hydroxylation sites is 2. The molecule has 6 rings (SSSR count). The third kappa shape index (κ3) is 5.80. The highest BCUT2D eigenvalue weighted by Gasteiger charge is 2.46. The van der Waals surface area contributed by atoms with E-state index < -0.39 is 17.3 Å². The number of aryl methyl sites for hydroxylation is 1. The molecule has 4 atom stereocenters. The summed E-state index contributed by atoms with van der Waals surface area (Å²) in [5.41, 5.74) is 3.28. The lowest BCUT2D eigenvalue weighted by Gasteiger charge is -2.46. The molecule has 2 aromatic carbocycles. The normalized spacial score (nSPS) is 24.4. The molecule has 2 unspecified atom stereocenters. The molecule has 0 N–H and O–H groups in total. The zero-order valence-corrected chi connectivity index (χ0v) is 27.3. The van der Waals surface area contributed by atoms with Crippen LogP contribution >= 0.6 is 0 Å². The van der Waals surface area contributed by atoms with Crippen LogP contribution in [0.15, 0.2) is 54.6 Å². The number of ether oxygens (including phenoxy) is 1. The minimum atomic E-state index is -0.778. The van der Waals surface area contributed by atoms with Crippen LogP contribution in [0.5, 0.6) is 0 Å². The Morgan fingerprint density at radius 1 is 0.955 bits per heavy atom. The number of esters is 1. The van der Waals surface area contributed by atoms with Crippen LogP contribution < -0.4 is 0 Å². The predicted octanol–water partition coefficient (Wildman–Crippen LogP) is 6.69. The van der Waals surface area contributed by atoms with Gasteiger partial charge in [0.15, 0.2) is 0 Å². The van der Waals surface area contributed by atoms with Crippen molar-refractivity contribution in [3.8, 4) is 0 Å². The first-order valence-electron chi connectivity index (χ1n) is 16.8. The molecule has 236 valence electrons. The van der Waals surface area contributed by atoms with Gasteiger partial charge in [-0.1, -0.05) is 63.2 Å². The first-order chi connectivity index (χ1) is 21.1. The van der Waals surface area contributed by atoms with E-state index in [1.165, 1.54) is 36.8 Å². The maximum absolute atomic E-state index is 13.8. The van der Waals surface area contributed by atoms with Crippen molar-refractivity contribution in [3.05, 3.63) is 66.0 Å². The summed E-state index contributed by atoms with van der Waals surface area (Å²) in [4.78, 5) is 36.3. The molecule has 7 heteroatoms. The summed E-state index contributed by atoms with van der Waals surface area (Å²) in [5.74, 6) is -0.132. The molecule has 1 aromatic heterocycles. The summed E-state index contributed by atoms with van der Waals surface area (Å²) in [6.07, 6.45) is 7.82. The van der Waals surface area contributed by atoms with E-state index in [1.54, 1.807) is 6.92 Å². The van der Waals surface area contributed by atoms with Crippen molar-refractivity contribution >= 4 is 22.9 Å². The van der Waals surface area contributed by atoms with Gasteiger partial charge in [-0.3, -0.25) is 14.5 Å². The van der Waals surface area contributed by atoms with Crippen LogP contribution in [-0.2, 0) is 19.7 Å². The maximum atomic E-state index is 13.8. The number of hydrogen-bond acceptors (Lipinski definition) is 5. The fourth-order valence-corrected chi connectivity index (χ4v) is 8.65. The second-order valence-electron chi connectivity index (χ2n) is 14.5. The fourth-order valence-electron chi connectivity index (χ4n) is 8.65. The van der Waals surface area contributed by atoms with Gasteiger partial charge in [0.05, 0.1) is 17.6 Å². The number of carbonyl (C=O) groups excluding carboxylic acids is 2. The zero-order valence-electron chi connectivity index (χ0n) is 27.3. The number of rotatable bonds is 8. The fraction of sp³-hybridized carbons (Fsp3) is 0.595. The summed E-state index contributed by atoms with van der Waals surface area (Å²) < 4.78 is 7.86. The van der Waals surface area contributed by atoms with Crippen molar-refractivity contribution in [2.24, 2.45) is 11.3 Å². The molecule has 3 aliphatic heterocycles. The van der Waals surface area contributed by atoms with E-state index >= 15 is 0 Å². The lowest BCUT2D eigenvalue weighted by Crippen LogP contribution is -2.52. The number of piperidine rings is 2. The van der Waals surface area contributed by atoms with E-state index in [9.17, 15) is 9.59 Å². The minimum absolute atomic E-state index is 0.0205. The van der Waals surface area contributed by atoms with Crippen LogP contribution in [0.3, 0.4) is 0 Å². The van der Waals surface area contributed by atoms with Gasteiger partial charge in [-0.05, 0) is 93.9 Å². The molecular weight excluding hydrogens is 548 g/mol. The second kappa shape index (κ2) is 12.3. The predicted molar refractivity (Wildman–Crippen MR) is 174 cm³/mol. The van der Waals surface area contributed by atoms with Crippen molar-refractivity contribution in [1.29, 1.82) is 0 Å². The number of fused-ring (bicyclic) bond motifs is 3. The molecule has 44 heavy (non-hydrogen) atoms. The molecule has 3 aromatic rings. The number of amides is 1. The third-order valence-corrected chi connectivity index (χ3v) is 10.9. The molecule has 2 bridgehead atoms. The van der Waals surface area contributed by atoms with Crippen molar-refractivity contribution in [2.75, 3.05) is 26.2 Å². The van der Waals surface area contributed by atoms with Gasteiger partial charge in [-0.15, -0.1) is 0 Å². The van der Waals surface area contributed by atoms with Gasteiger partial charge in [0.25, 0.3) is 0 Å². The summed E-state index contributed by atoms with van der Waals surface area (Å²) >= 11 is 0. The lowest BCUT2D eigenvalue weighted by atomic mass is 9.69. The Bertz CT molecular complexity index is 1450. The van der Waals surface area contributed by atoms with E-state index in [-0.39, 0.29) is 17.9 Å². The number of nitrogens with zero attached hydrogens (tertiary/aromatic N) is 4. The summed E-state index contributed by atoms with van der Waals surface area (Å²) in [6.45, 7) is 12.5.